The highest BCUT2D eigenvalue weighted by atomic mass is 16.2. The molecule has 132 valence electrons. The van der Waals surface area contributed by atoms with Gasteiger partial charge in [-0.3, -0.25) is 14.8 Å². The Morgan fingerprint density at radius 2 is 1.85 bits per heavy atom. The van der Waals surface area contributed by atoms with E-state index in [1.807, 2.05) is 36.9 Å². The van der Waals surface area contributed by atoms with E-state index in [0.717, 1.165) is 35.5 Å². The van der Waals surface area contributed by atoms with E-state index in [4.69, 9.17) is 0 Å². The maximum Gasteiger partial charge on any atom is 0.255 e. The van der Waals surface area contributed by atoms with Gasteiger partial charge in [0, 0.05) is 44.0 Å². The number of carbonyl (C=O) groups is 1. The number of piperazine rings is 1. The van der Waals surface area contributed by atoms with Crippen LogP contribution >= 0.6 is 0 Å². The van der Waals surface area contributed by atoms with Crippen molar-refractivity contribution in [1.82, 2.24) is 19.9 Å². The Hall–Kier alpha value is -3.02. The topological polar surface area (TPSA) is 62.2 Å². The molecule has 0 spiro atoms. The molecule has 2 aromatic heterocycles. The molecular formula is C20H21N5O. The van der Waals surface area contributed by atoms with E-state index in [-0.39, 0.29) is 5.91 Å². The van der Waals surface area contributed by atoms with Crippen LogP contribution in [0.4, 0.5) is 5.82 Å². The number of hydrogen-bond acceptors (Lipinski definition) is 5. The highest BCUT2D eigenvalue weighted by Gasteiger charge is 2.24. The second kappa shape index (κ2) is 6.71. The molecule has 1 aliphatic rings. The number of anilines is 1. The third-order valence-electron chi connectivity index (χ3n) is 4.83. The van der Waals surface area contributed by atoms with Gasteiger partial charge in [0.2, 0.25) is 0 Å². The number of benzene rings is 1. The van der Waals surface area contributed by atoms with Crippen LogP contribution in [-0.2, 0) is 0 Å². The van der Waals surface area contributed by atoms with Crippen LogP contribution < -0.4 is 4.90 Å². The molecule has 3 aromatic rings. The van der Waals surface area contributed by atoms with Crippen LogP contribution in [0, 0.1) is 13.8 Å². The van der Waals surface area contributed by atoms with Crippen LogP contribution in [0.5, 0.6) is 0 Å². The van der Waals surface area contributed by atoms with Crippen LogP contribution in [0.1, 0.15) is 21.6 Å². The Morgan fingerprint density at radius 1 is 1.04 bits per heavy atom. The van der Waals surface area contributed by atoms with Crippen LogP contribution in [0.2, 0.25) is 0 Å². The largest absolute Gasteiger partial charge is 0.352 e. The summed E-state index contributed by atoms with van der Waals surface area (Å²) < 4.78 is 0. The molecule has 0 saturated carbocycles. The third kappa shape index (κ3) is 3.10. The van der Waals surface area contributed by atoms with Crippen molar-refractivity contribution in [2.75, 3.05) is 31.1 Å². The minimum atomic E-state index is 0.0530. The molecule has 1 amide bonds. The van der Waals surface area contributed by atoms with Crippen molar-refractivity contribution < 1.29 is 4.79 Å². The molecule has 6 nitrogen and oxygen atoms in total. The predicted octanol–water partition coefficient (Wildman–Crippen LogP) is 2.60. The van der Waals surface area contributed by atoms with Gasteiger partial charge in [-0.05, 0) is 32.0 Å². The van der Waals surface area contributed by atoms with Crippen molar-refractivity contribution >= 4 is 22.6 Å². The summed E-state index contributed by atoms with van der Waals surface area (Å²) in [6, 6.07) is 8.10. The molecule has 1 aromatic carbocycles. The van der Waals surface area contributed by atoms with E-state index in [0.29, 0.717) is 18.7 Å². The maximum atomic E-state index is 13.0. The first-order valence-corrected chi connectivity index (χ1v) is 8.80. The molecule has 0 aliphatic carbocycles. The molecule has 1 saturated heterocycles. The van der Waals surface area contributed by atoms with Crippen molar-refractivity contribution in [3.63, 3.8) is 0 Å². The zero-order chi connectivity index (χ0) is 18.1. The molecule has 3 heterocycles. The van der Waals surface area contributed by atoms with Gasteiger partial charge >= 0.3 is 0 Å². The quantitative estimate of drug-likeness (QED) is 0.713. The van der Waals surface area contributed by atoms with E-state index in [9.17, 15) is 4.79 Å². The normalized spacial score (nSPS) is 14.7. The maximum absolute atomic E-state index is 13.0. The summed E-state index contributed by atoms with van der Waals surface area (Å²) in [5, 5.41) is 1.01. The molecule has 0 bridgehead atoms. The highest BCUT2D eigenvalue weighted by molar-refractivity contribution is 5.98. The summed E-state index contributed by atoms with van der Waals surface area (Å²) in [6.07, 6.45) is 5.12. The number of nitrogens with zero attached hydrogens (tertiary/aromatic N) is 5. The summed E-state index contributed by atoms with van der Waals surface area (Å²) in [7, 11) is 0. The van der Waals surface area contributed by atoms with Gasteiger partial charge in [0.1, 0.15) is 5.82 Å². The summed E-state index contributed by atoms with van der Waals surface area (Å²) in [4.78, 5) is 30.2. The SMILES string of the molecule is Cc1ccc2nc(C)c(C(=O)N3CCN(c4cnccn4)CC3)cc2c1. The molecular weight excluding hydrogens is 326 g/mol. The highest BCUT2D eigenvalue weighted by Crippen LogP contribution is 2.20. The lowest BCUT2D eigenvalue weighted by Gasteiger charge is -2.35. The smallest absolute Gasteiger partial charge is 0.255 e. The lowest BCUT2D eigenvalue weighted by molar-refractivity contribution is 0.0745. The van der Waals surface area contributed by atoms with Gasteiger partial charge in [-0.25, -0.2) is 4.98 Å². The number of aryl methyl sites for hydroxylation is 2. The first kappa shape index (κ1) is 16.4. The van der Waals surface area contributed by atoms with Crippen molar-refractivity contribution in [2.45, 2.75) is 13.8 Å². The molecule has 1 fully saturated rings. The molecule has 26 heavy (non-hydrogen) atoms. The van der Waals surface area contributed by atoms with E-state index in [1.165, 1.54) is 5.56 Å². The number of amides is 1. The van der Waals surface area contributed by atoms with Crippen molar-refractivity contribution in [2.24, 2.45) is 0 Å². The van der Waals surface area contributed by atoms with Crippen molar-refractivity contribution in [3.05, 3.63) is 59.7 Å². The molecule has 1 aliphatic heterocycles. The fourth-order valence-electron chi connectivity index (χ4n) is 3.37. The molecule has 0 atom stereocenters. The summed E-state index contributed by atoms with van der Waals surface area (Å²) in [5.74, 6) is 0.913. The monoisotopic (exact) mass is 347 g/mol. The number of fused-ring (bicyclic) bond motifs is 1. The minimum Gasteiger partial charge on any atom is -0.352 e. The first-order chi connectivity index (χ1) is 12.6. The number of hydrogen-bond donors (Lipinski definition) is 0. The lowest BCUT2D eigenvalue weighted by atomic mass is 10.1. The first-order valence-electron chi connectivity index (χ1n) is 8.80. The number of aromatic nitrogens is 3. The Labute approximate surface area is 152 Å². The van der Waals surface area contributed by atoms with Gasteiger partial charge in [-0.15, -0.1) is 0 Å². The molecule has 0 radical (unpaired) electrons. The van der Waals surface area contributed by atoms with Crippen LogP contribution in [-0.4, -0.2) is 51.9 Å². The number of carbonyl (C=O) groups excluding carboxylic acids is 1. The van der Waals surface area contributed by atoms with Crippen LogP contribution in [0.3, 0.4) is 0 Å². The average Bonchev–Trinajstić information content (AvgIpc) is 2.68. The second-order valence-corrected chi connectivity index (χ2v) is 6.66. The Bertz CT molecular complexity index is 949. The second-order valence-electron chi connectivity index (χ2n) is 6.66. The standard InChI is InChI=1S/C20H21N5O/c1-14-3-4-18-16(11-14)12-17(15(2)23-18)20(26)25-9-7-24(8-10-25)19-13-21-5-6-22-19/h3-6,11-13H,7-10H2,1-2H3. The van der Waals surface area contributed by atoms with E-state index in [1.54, 1.807) is 18.6 Å². The molecule has 4 rings (SSSR count). The van der Waals surface area contributed by atoms with Gasteiger partial charge in [0.15, 0.2) is 0 Å². The average molecular weight is 347 g/mol. The van der Waals surface area contributed by atoms with Crippen molar-refractivity contribution in [1.29, 1.82) is 0 Å². The fourth-order valence-corrected chi connectivity index (χ4v) is 3.37. The molecule has 6 heteroatoms. The summed E-state index contributed by atoms with van der Waals surface area (Å²) >= 11 is 0. The zero-order valence-electron chi connectivity index (χ0n) is 15.0. The van der Waals surface area contributed by atoms with Crippen molar-refractivity contribution in [3.8, 4) is 0 Å². The van der Waals surface area contributed by atoms with E-state index < -0.39 is 0 Å². The number of rotatable bonds is 2. The number of pyridine rings is 1. The Balaban J connectivity index is 1.53. The van der Waals surface area contributed by atoms with Gasteiger partial charge < -0.3 is 9.80 Å². The van der Waals surface area contributed by atoms with Gasteiger partial charge in [-0.1, -0.05) is 11.6 Å². The predicted molar refractivity (Wildman–Crippen MR) is 101 cm³/mol. The van der Waals surface area contributed by atoms with Crippen LogP contribution in [0.25, 0.3) is 10.9 Å². The lowest BCUT2D eigenvalue weighted by Crippen LogP contribution is -2.49. The zero-order valence-corrected chi connectivity index (χ0v) is 15.0. The van der Waals surface area contributed by atoms with Gasteiger partial charge in [-0.2, -0.15) is 0 Å². The summed E-state index contributed by atoms with van der Waals surface area (Å²) in [6.45, 7) is 6.80. The molecule has 0 N–H and O–H groups in total. The van der Waals surface area contributed by atoms with Gasteiger partial charge in [0.05, 0.1) is 23.0 Å². The Kier molecular flexibility index (Phi) is 4.24. The molecule has 0 unspecified atom stereocenters. The van der Waals surface area contributed by atoms with E-state index in [2.05, 4.69) is 25.9 Å². The minimum absolute atomic E-state index is 0.0530. The van der Waals surface area contributed by atoms with Crippen LogP contribution in [0.15, 0.2) is 42.9 Å². The fraction of sp³-hybridized carbons (Fsp3) is 0.300. The summed E-state index contributed by atoms with van der Waals surface area (Å²) in [5.41, 5.74) is 3.56. The van der Waals surface area contributed by atoms with Gasteiger partial charge in [0.25, 0.3) is 5.91 Å². The van der Waals surface area contributed by atoms with E-state index >= 15 is 0 Å². The Morgan fingerprint density at radius 3 is 2.58 bits per heavy atom. The third-order valence-corrected chi connectivity index (χ3v) is 4.83.